The molecule has 2 rings (SSSR count). The number of hydrogen-bond donors (Lipinski definition) is 2. The minimum atomic E-state index is -3.99. The number of sulfonamides is 1. The summed E-state index contributed by atoms with van der Waals surface area (Å²) >= 11 is 0. The topological polar surface area (TPSA) is 113 Å². The van der Waals surface area contributed by atoms with Gasteiger partial charge in [-0.3, -0.25) is 4.79 Å². The largest absolute Gasteiger partial charge is 0.368 e. The summed E-state index contributed by atoms with van der Waals surface area (Å²) in [6.45, 7) is 0. The van der Waals surface area contributed by atoms with Crippen molar-refractivity contribution in [1.82, 2.24) is 4.72 Å². The van der Waals surface area contributed by atoms with Crippen molar-refractivity contribution in [2.24, 2.45) is 5.73 Å². The van der Waals surface area contributed by atoms with E-state index >= 15 is 0 Å². The average molecular weight is 315 g/mol. The standard InChI is InChI=1S/C15H13N3O3S/c16-10-11-5-4-8-13(9-11)22(20,21)18-14(15(17)19)12-6-2-1-3-7-12/h1-9,14,18H,(H2,17,19). The number of carbonyl (C=O) groups is 1. The molecule has 0 bridgehead atoms. The molecule has 0 saturated heterocycles. The maximum absolute atomic E-state index is 12.4. The predicted molar refractivity (Wildman–Crippen MR) is 79.9 cm³/mol. The molecule has 0 aliphatic rings. The highest BCUT2D eigenvalue weighted by atomic mass is 32.2. The summed E-state index contributed by atoms with van der Waals surface area (Å²) in [7, 11) is -3.99. The third-order valence-corrected chi connectivity index (χ3v) is 4.38. The molecule has 1 unspecified atom stereocenters. The van der Waals surface area contributed by atoms with E-state index in [1.165, 1.54) is 24.3 Å². The van der Waals surface area contributed by atoms with Crippen molar-refractivity contribution in [2.45, 2.75) is 10.9 Å². The van der Waals surface area contributed by atoms with Crippen molar-refractivity contribution in [2.75, 3.05) is 0 Å². The van der Waals surface area contributed by atoms with Crippen LogP contribution in [0.1, 0.15) is 17.2 Å². The van der Waals surface area contributed by atoms with Gasteiger partial charge in [0.15, 0.2) is 0 Å². The summed E-state index contributed by atoms with van der Waals surface area (Å²) in [6, 6.07) is 14.5. The minimum absolute atomic E-state index is 0.103. The van der Waals surface area contributed by atoms with Gasteiger partial charge in [0.25, 0.3) is 0 Å². The van der Waals surface area contributed by atoms with Crippen LogP contribution in [-0.4, -0.2) is 14.3 Å². The molecule has 2 aromatic carbocycles. The van der Waals surface area contributed by atoms with Crippen molar-refractivity contribution in [1.29, 1.82) is 5.26 Å². The van der Waals surface area contributed by atoms with Crippen molar-refractivity contribution in [3.8, 4) is 6.07 Å². The van der Waals surface area contributed by atoms with Crippen LogP contribution in [0.15, 0.2) is 59.5 Å². The van der Waals surface area contributed by atoms with Crippen molar-refractivity contribution < 1.29 is 13.2 Å². The summed E-state index contributed by atoms with van der Waals surface area (Å²) < 4.78 is 27.0. The molecule has 112 valence electrons. The second-order valence-electron chi connectivity index (χ2n) is 4.51. The number of rotatable bonds is 5. The summed E-state index contributed by atoms with van der Waals surface area (Å²) in [5, 5.41) is 8.84. The number of nitrogens with one attached hydrogen (secondary N) is 1. The maximum atomic E-state index is 12.4. The first-order valence-corrected chi connectivity index (χ1v) is 7.79. The van der Waals surface area contributed by atoms with Crippen LogP contribution in [0, 0.1) is 11.3 Å². The van der Waals surface area contributed by atoms with Gasteiger partial charge < -0.3 is 5.73 Å². The molecule has 6 nitrogen and oxygen atoms in total. The molecule has 0 spiro atoms. The van der Waals surface area contributed by atoms with Crippen LogP contribution in [0.4, 0.5) is 0 Å². The molecular formula is C15H13N3O3S. The summed E-state index contributed by atoms with van der Waals surface area (Å²) in [5.74, 6) is -0.814. The molecule has 0 aromatic heterocycles. The van der Waals surface area contributed by atoms with Gasteiger partial charge in [0.05, 0.1) is 16.5 Å². The first-order chi connectivity index (χ1) is 10.4. The van der Waals surface area contributed by atoms with E-state index in [4.69, 9.17) is 11.0 Å². The van der Waals surface area contributed by atoms with Gasteiger partial charge in [-0.1, -0.05) is 36.4 Å². The summed E-state index contributed by atoms with van der Waals surface area (Å²) in [5.41, 5.74) is 5.94. The normalized spacial score (nSPS) is 12.3. The molecule has 1 amide bonds. The number of nitrogens with zero attached hydrogens (tertiary/aromatic N) is 1. The zero-order valence-corrected chi connectivity index (χ0v) is 12.2. The number of benzene rings is 2. The van der Waals surface area contributed by atoms with Crippen LogP contribution < -0.4 is 10.5 Å². The van der Waals surface area contributed by atoms with Crippen LogP contribution in [0.2, 0.25) is 0 Å². The van der Waals surface area contributed by atoms with E-state index in [-0.39, 0.29) is 10.5 Å². The molecule has 0 fully saturated rings. The quantitative estimate of drug-likeness (QED) is 0.859. The summed E-state index contributed by atoms with van der Waals surface area (Å²) in [6.07, 6.45) is 0. The molecule has 22 heavy (non-hydrogen) atoms. The Kier molecular flexibility index (Phi) is 4.56. The van der Waals surface area contributed by atoms with Gasteiger partial charge >= 0.3 is 0 Å². The number of amides is 1. The lowest BCUT2D eigenvalue weighted by molar-refractivity contribution is -0.119. The molecule has 1 atom stereocenters. The van der Waals surface area contributed by atoms with E-state index in [0.29, 0.717) is 5.56 Å². The first kappa shape index (κ1) is 15.7. The van der Waals surface area contributed by atoms with Crippen LogP contribution in [-0.2, 0) is 14.8 Å². The molecule has 2 aromatic rings. The van der Waals surface area contributed by atoms with Gasteiger partial charge in [0, 0.05) is 0 Å². The van der Waals surface area contributed by atoms with Crippen molar-refractivity contribution in [3.05, 3.63) is 65.7 Å². The highest BCUT2D eigenvalue weighted by Gasteiger charge is 2.25. The van der Waals surface area contributed by atoms with E-state index < -0.39 is 22.0 Å². The van der Waals surface area contributed by atoms with Crippen LogP contribution in [0.3, 0.4) is 0 Å². The van der Waals surface area contributed by atoms with E-state index in [0.717, 1.165) is 0 Å². The molecule has 7 heteroatoms. The number of carbonyl (C=O) groups excluding carboxylic acids is 1. The fourth-order valence-electron chi connectivity index (χ4n) is 1.89. The zero-order valence-electron chi connectivity index (χ0n) is 11.4. The van der Waals surface area contributed by atoms with E-state index in [9.17, 15) is 13.2 Å². The Morgan fingerprint density at radius 3 is 2.41 bits per heavy atom. The molecule has 0 saturated carbocycles. The second-order valence-corrected chi connectivity index (χ2v) is 6.22. The first-order valence-electron chi connectivity index (χ1n) is 6.31. The van der Waals surface area contributed by atoms with Gasteiger partial charge in [-0.2, -0.15) is 9.98 Å². The van der Waals surface area contributed by atoms with E-state index in [2.05, 4.69) is 4.72 Å². The maximum Gasteiger partial charge on any atom is 0.241 e. The third-order valence-electron chi connectivity index (χ3n) is 2.96. The van der Waals surface area contributed by atoms with Gasteiger partial charge in [0.1, 0.15) is 6.04 Å². The Bertz CT molecular complexity index is 827. The Morgan fingerprint density at radius 2 is 1.82 bits per heavy atom. The highest BCUT2D eigenvalue weighted by Crippen LogP contribution is 2.17. The Hall–Kier alpha value is -2.69. The van der Waals surface area contributed by atoms with Gasteiger partial charge in [-0.15, -0.1) is 0 Å². The minimum Gasteiger partial charge on any atom is -0.368 e. The number of nitrogens with two attached hydrogens (primary N) is 1. The average Bonchev–Trinajstić information content (AvgIpc) is 2.53. The van der Waals surface area contributed by atoms with Crippen LogP contribution in [0.5, 0.6) is 0 Å². The lowest BCUT2D eigenvalue weighted by atomic mass is 10.1. The molecule has 0 radical (unpaired) electrons. The number of hydrogen-bond acceptors (Lipinski definition) is 4. The van der Waals surface area contributed by atoms with Crippen molar-refractivity contribution in [3.63, 3.8) is 0 Å². The SMILES string of the molecule is N#Cc1cccc(S(=O)(=O)NC(C(N)=O)c2ccccc2)c1. The van der Waals surface area contributed by atoms with E-state index in [1.54, 1.807) is 30.3 Å². The molecule has 0 heterocycles. The fourth-order valence-corrected chi connectivity index (χ4v) is 3.13. The molecule has 0 aliphatic carbocycles. The number of nitriles is 1. The highest BCUT2D eigenvalue weighted by molar-refractivity contribution is 7.89. The number of primary amides is 1. The molecule has 0 aliphatic heterocycles. The molecule has 3 N–H and O–H groups in total. The fraction of sp³-hybridized carbons (Fsp3) is 0.0667. The smallest absolute Gasteiger partial charge is 0.241 e. The third kappa shape index (κ3) is 3.49. The van der Waals surface area contributed by atoms with Crippen molar-refractivity contribution >= 4 is 15.9 Å². The Balaban J connectivity index is 2.37. The van der Waals surface area contributed by atoms with E-state index in [1.807, 2.05) is 6.07 Å². The summed E-state index contributed by atoms with van der Waals surface area (Å²) in [4.78, 5) is 11.5. The molecular weight excluding hydrogens is 302 g/mol. The van der Waals surface area contributed by atoms with Gasteiger partial charge in [0.2, 0.25) is 15.9 Å². The monoisotopic (exact) mass is 315 g/mol. The predicted octanol–water partition coefficient (Wildman–Crippen LogP) is 1.06. The van der Waals surface area contributed by atoms with Gasteiger partial charge in [-0.05, 0) is 23.8 Å². The van der Waals surface area contributed by atoms with Crippen LogP contribution >= 0.6 is 0 Å². The van der Waals surface area contributed by atoms with Gasteiger partial charge in [-0.25, -0.2) is 8.42 Å². The second kappa shape index (κ2) is 6.39. The lowest BCUT2D eigenvalue weighted by Crippen LogP contribution is -2.37. The Morgan fingerprint density at radius 1 is 1.14 bits per heavy atom. The lowest BCUT2D eigenvalue weighted by Gasteiger charge is -2.16. The van der Waals surface area contributed by atoms with Crippen LogP contribution in [0.25, 0.3) is 0 Å². The Labute approximate surface area is 128 Å². The zero-order chi connectivity index (χ0) is 16.2.